The summed E-state index contributed by atoms with van der Waals surface area (Å²) in [4.78, 5) is 22.4. The fourth-order valence-corrected chi connectivity index (χ4v) is 1.47. The van der Waals surface area contributed by atoms with E-state index >= 15 is 0 Å². The van der Waals surface area contributed by atoms with Gasteiger partial charge in [-0.1, -0.05) is 30.3 Å². The SMILES string of the molecule is C=CCOC(=O)NC(C(=O)O)c1ccc(O)c(Cl)c1. The second-order valence-corrected chi connectivity index (χ2v) is 3.92. The number of carbonyl (C=O) groups excluding carboxylic acids is 1. The van der Waals surface area contributed by atoms with Crippen LogP contribution in [-0.4, -0.2) is 28.9 Å². The number of carbonyl (C=O) groups is 2. The smallest absolute Gasteiger partial charge is 0.408 e. The number of aromatic hydroxyl groups is 1. The Hall–Kier alpha value is -2.21. The number of carboxylic acid groups (broad SMARTS) is 1. The fraction of sp³-hybridized carbons (Fsp3) is 0.167. The molecule has 102 valence electrons. The Bertz CT molecular complexity index is 503. The summed E-state index contributed by atoms with van der Waals surface area (Å²) in [6.45, 7) is 3.33. The molecule has 1 atom stereocenters. The predicted molar refractivity (Wildman–Crippen MR) is 68.2 cm³/mol. The molecule has 1 aromatic rings. The van der Waals surface area contributed by atoms with Crippen LogP contribution in [0.1, 0.15) is 11.6 Å². The Balaban J connectivity index is 2.88. The van der Waals surface area contributed by atoms with Crippen molar-refractivity contribution in [2.45, 2.75) is 6.04 Å². The normalized spacial score (nSPS) is 11.4. The number of benzene rings is 1. The van der Waals surface area contributed by atoms with Crippen LogP contribution >= 0.6 is 11.6 Å². The summed E-state index contributed by atoms with van der Waals surface area (Å²) < 4.78 is 4.63. The number of phenols is 1. The largest absolute Gasteiger partial charge is 0.506 e. The molecular weight excluding hydrogens is 274 g/mol. The highest BCUT2D eigenvalue weighted by Crippen LogP contribution is 2.26. The molecule has 7 heteroatoms. The third-order valence-corrected chi connectivity index (χ3v) is 2.45. The van der Waals surface area contributed by atoms with Crippen molar-refractivity contribution in [2.24, 2.45) is 0 Å². The first-order valence-electron chi connectivity index (χ1n) is 5.21. The molecule has 1 amide bonds. The van der Waals surface area contributed by atoms with E-state index in [1.807, 2.05) is 0 Å². The average Bonchev–Trinajstić information content (AvgIpc) is 2.36. The zero-order chi connectivity index (χ0) is 14.4. The van der Waals surface area contributed by atoms with Gasteiger partial charge in [0.1, 0.15) is 12.4 Å². The van der Waals surface area contributed by atoms with E-state index in [0.717, 1.165) is 0 Å². The first-order chi connectivity index (χ1) is 8.95. The van der Waals surface area contributed by atoms with Gasteiger partial charge >= 0.3 is 12.1 Å². The molecule has 0 heterocycles. The topological polar surface area (TPSA) is 95.9 Å². The molecule has 0 saturated heterocycles. The molecule has 1 aromatic carbocycles. The van der Waals surface area contributed by atoms with Crippen molar-refractivity contribution in [3.05, 3.63) is 41.4 Å². The summed E-state index contributed by atoms with van der Waals surface area (Å²) in [7, 11) is 0. The monoisotopic (exact) mass is 285 g/mol. The maximum atomic E-state index is 11.3. The van der Waals surface area contributed by atoms with Crippen molar-refractivity contribution in [1.82, 2.24) is 5.32 Å². The Morgan fingerprint density at radius 3 is 2.74 bits per heavy atom. The third kappa shape index (κ3) is 4.18. The summed E-state index contributed by atoms with van der Waals surface area (Å²) in [5.74, 6) is -1.46. The summed E-state index contributed by atoms with van der Waals surface area (Å²) in [6.07, 6.45) is 0.462. The molecule has 3 N–H and O–H groups in total. The Morgan fingerprint density at radius 1 is 1.53 bits per heavy atom. The van der Waals surface area contributed by atoms with Gasteiger partial charge in [-0.2, -0.15) is 0 Å². The van der Waals surface area contributed by atoms with Crippen LogP contribution in [0.4, 0.5) is 4.79 Å². The van der Waals surface area contributed by atoms with Gasteiger partial charge in [-0.15, -0.1) is 0 Å². The highest BCUT2D eigenvalue weighted by Gasteiger charge is 2.23. The van der Waals surface area contributed by atoms with E-state index in [9.17, 15) is 14.7 Å². The lowest BCUT2D eigenvalue weighted by Gasteiger charge is -2.15. The van der Waals surface area contributed by atoms with Crippen molar-refractivity contribution in [2.75, 3.05) is 6.61 Å². The number of ether oxygens (including phenoxy) is 1. The zero-order valence-corrected chi connectivity index (χ0v) is 10.6. The van der Waals surface area contributed by atoms with Gasteiger partial charge in [0.15, 0.2) is 6.04 Å². The number of hydrogen-bond donors (Lipinski definition) is 3. The van der Waals surface area contributed by atoms with Crippen molar-refractivity contribution in [3.8, 4) is 5.75 Å². The van der Waals surface area contributed by atoms with E-state index in [0.29, 0.717) is 0 Å². The molecular formula is C12H12ClNO5. The molecule has 1 unspecified atom stereocenters. The number of alkyl carbamates (subject to hydrolysis) is 1. The van der Waals surface area contributed by atoms with Crippen LogP contribution in [-0.2, 0) is 9.53 Å². The highest BCUT2D eigenvalue weighted by molar-refractivity contribution is 6.32. The first-order valence-corrected chi connectivity index (χ1v) is 5.59. The molecule has 0 aliphatic carbocycles. The third-order valence-electron chi connectivity index (χ3n) is 2.15. The van der Waals surface area contributed by atoms with Gasteiger partial charge in [-0.05, 0) is 17.7 Å². The summed E-state index contributed by atoms with van der Waals surface area (Å²) in [5, 5.41) is 20.5. The number of carboxylic acids is 1. The van der Waals surface area contributed by atoms with Crippen molar-refractivity contribution in [1.29, 1.82) is 0 Å². The van der Waals surface area contributed by atoms with Crippen LogP contribution in [0.15, 0.2) is 30.9 Å². The second kappa shape index (κ2) is 6.65. The minimum absolute atomic E-state index is 0.00925. The maximum Gasteiger partial charge on any atom is 0.408 e. The van der Waals surface area contributed by atoms with Crippen LogP contribution in [0, 0.1) is 0 Å². The number of aliphatic carboxylic acids is 1. The molecule has 0 fully saturated rings. The molecule has 0 aromatic heterocycles. The quantitative estimate of drug-likeness (QED) is 0.720. The number of halogens is 1. The molecule has 0 spiro atoms. The first kappa shape index (κ1) is 14.8. The Labute approximate surface area is 114 Å². The van der Waals surface area contributed by atoms with E-state index < -0.39 is 18.1 Å². The lowest BCUT2D eigenvalue weighted by Crippen LogP contribution is -2.34. The highest BCUT2D eigenvalue weighted by atomic mass is 35.5. The van der Waals surface area contributed by atoms with Gasteiger partial charge in [0.25, 0.3) is 0 Å². The van der Waals surface area contributed by atoms with Crippen molar-refractivity contribution in [3.63, 3.8) is 0 Å². The van der Waals surface area contributed by atoms with Crippen molar-refractivity contribution < 1.29 is 24.5 Å². The minimum atomic E-state index is -1.32. The number of rotatable bonds is 5. The van der Waals surface area contributed by atoms with Crippen LogP contribution in [0.2, 0.25) is 5.02 Å². The maximum absolute atomic E-state index is 11.3. The molecule has 19 heavy (non-hydrogen) atoms. The van der Waals surface area contributed by atoms with E-state index in [2.05, 4.69) is 16.6 Å². The van der Waals surface area contributed by atoms with Crippen LogP contribution in [0.25, 0.3) is 0 Å². The predicted octanol–water partition coefficient (Wildman–Crippen LogP) is 2.08. The Morgan fingerprint density at radius 2 is 2.21 bits per heavy atom. The van der Waals surface area contributed by atoms with E-state index in [1.54, 1.807) is 0 Å². The van der Waals surface area contributed by atoms with Gasteiger partial charge in [0, 0.05) is 0 Å². The summed E-state index contributed by atoms with van der Waals surface area (Å²) >= 11 is 5.68. The summed E-state index contributed by atoms with van der Waals surface area (Å²) in [5.41, 5.74) is 0.214. The Kier molecular flexibility index (Phi) is 5.20. The second-order valence-electron chi connectivity index (χ2n) is 3.51. The summed E-state index contributed by atoms with van der Waals surface area (Å²) in [6, 6.07) is 2.51. The van der Waals surface area contributed by atoms with E-state index in [4.69, 9.17) is 16.7 Å². The fourth-order valence-electron chi connectivity index (χ4n) is 1.28. The van der Waals surface area contributed by atoms with E-state index in [-0.39, 0.29) is 22.9 Å². The van der Waals surface area contributed by atoms with Gasteiger partial charge in [-0.3, -0.25) is 0 Å². The average molecular weight is 286 g/mol. The number of nitrogens with one attached hydrogen (secondary N) is 1. The number of hydrogen-bond acceptors (Lipinski definition) is 4. The lowest BCUT2D eigenvalue weighted by molar-refractivity contribution is -0.139. The molecule has 1 rings (SSSR count). The lowest BCUT2D eigenvalue weighted by atomic mass is 10.1. The zero-order valence-electron chi connectivity index (χ0n) is 9.80. The van der Waals surface area contributed by atoms with E-state index in [1.165, 1.54) is 24.3 Å². The molecule has 0 saturated carbocycles. The molecule has 0 aliphatic heterocycles. The number of amides is 1. The van der Waals surface area contributed by atoms with Gasteiger partial charge in [0.2, 0.25) is 0 Å². The standard InChI is InChI=1S/C12H12ClNO5/c1-2-5-19-12(18)14-10(11(16)17)7-3-4-9(15)8(13)6-7/h2-4,6,10,15H,1,5H2,(H,14,18)(H,16,17). The molecule has 0 radical (unpaired) electrons. The molecule has 6 nitrogen and oxygen atoms in total. The van der Waals surface area contributed by atoms with Gasteiger partial charge in [-0.25, -0.2) is 9.59 Å². The van der Waals surface area contributed by atoms with Gasteiger partial charge in [0.05, 0.1) is 5.02 Å². The molecule has 0 bridgehead atoms. The van der Waals surface area contributed by atoms with Crippen LogP contribution < -0.4 is 5.32 Å². The van der Waals surface area contributed by atoms with Crippen LogP contribution in [0.5, 0.6) is 5.75 Å². The minimum Gasteiger partial charge on any atom is -0.506 e. The van der Waals surface area contributed by atoms with Gasteiger partial charge < -0.3 is 20.3 Å². The number of phenolic OH excluding ortho intramolecular Hbond substituents is 1. The van der Waals surface area contributed by atoms with Crippen molar-refractivity contribution >= 4 is 23.7 Å². The van der Waals surface area contributed by atoms with Crippen LogP contribution in [0.3, 0.4) is 0 Å². The molecule has 0 aliphatic rings.